The van der Waals surface area contributed by atoms with Crippen LogP contribution in [0.25, 0.3) is 0 Å². The summed E-state index contributed by atoms with van der Waals surface area (Å²) >= 11 is 3.31. The predicted octanol–water partition coefficient (Wildman–Crippen LogP) is 4.30. The van der Waals surface area contributed by atoms with Crippen molar-refractivity contribution in [2.75, 3.05) is 17.2 Å². The van der Waals surface area contributed by atoms with E-state index in [1.807, 2.05) is 19.1 Å². The molecule has 2 N–H and O–H groups in total. The molecule has 0 unspecified atom stereocenters. The average Bonchev–Trinajstić information content (AvgIpc) is 2.38. The highest BCUT2D eigenvalue weighted by molar-refractivity contribution is 9.10. The Morgan fingerprint density at radius 3 is 2.37 bits per heavy atom. The lowest BCUT2D eigenvalue weighted by Crippen LogP contribution is -2.06. The van der Waals surface area contributed by atoms with Gasteiger partial charge in [-0.25, -0.2) is 13.8 Å². The minimum Gasteiger partial charge on any atom is -0.368 e. The molecular formula is C13H12BrF2N3. The highest BCUT2D eigenvalue weighted by Crippen LogP contribution is 2.23. The fourth-order valence-corrected chi connectivity index (χ4v) is 1.78. The zero-order valence-electron chi connectivity index (χ0n) is 10.2. The van der Waals surface area contributed by atoms with E-state index in [0.717, 1.165) is 10.5 Å². The molecule has 19 heavy (non-hydrogen) atoms. The van der Waals surface area contributed by atoms with Crippen LogP contribution < -0.4 is 10.6 Å². The highest BCUT2D eigenvalue weighted by Gasteiger charge is 2.11. The van der Waals surface area contributed by atoms with Crippen LogP contribution in [0.2, 0.25) is 0 Å². The van der Waals surface area contributed by atoms with Crippen LogP contribution in [0.1, 0.15) is 6.92 Å². The number of halogens is 3. The van der Waals surface area contributed by atoms with Gasteiger partial charge in [-0.05, 0) is 31.2 Å². The summed E-state index contributed by atoms with van der Waals surface area (Å²) in [5.74, 6) is -1.43. The summed E-state index contributed by atoms with van der Waals surface area (Å²) in [6.45, 7) is 2.32. The van der Waals surface area contributed by atoms with Crippen LogP contribution in [0.4, 0.5) is 26.1 Å². The minimum atomic E-state index is -0.734. The van der Waals surface area contributed by atoms with Crippen LogP contribution in [0.3, 0.4) is 0 Å². The van der Waals surface area contributed by atoms with E-state index in [2.05, 4.69) is 31.5 Å². The molecule has 0 saturated heterocycles. The topological polar surface area (TPSA) is 37.0 Å². The van der Waals surface area contributed by atoms with Crippen LogP contribution >= 0.6 is 15.9 Å². The SMILES string of the molecule is CCNc1nc(Nc2ccc(Br)cc2)c(F)cc1F. The van der Waals surface area contributed by atoms with Crippen molar-refractivity contribution in [2.24, 2.45) is 0 Å². The van der Waals surface area contributed by atoms with Gasteiger partial charge in [-0.1, -0.05) is 15.9 Å². The first-order chi connectivity index (χ1) is 9.10. The number of anilines is 3. The van der Waals surface area contributed by atoms with Crippen molar-refractivity contribution in [3.8, 4) is 0 Å². The third-order valence-electron chi connectivity index (χ3n) is 2.38. The summed E-state index contributed by atoms with van der Waals surface area (Å²) in [7, 11) is 0. The Labute approximate surface area is 118 Å². The Morgan fingerprint density at radius 2 is 1.74 bits per heavy atom. The molecule has 0 radical (unpaired) electrons. The smallest absolute Gasteiger partial charge is 0.169 e. The van der Waals surface area contributed by atoms with Crippen molar-refractivity contribution >= 4 is 33.3 Å². The van der Waals surface area contributed by atoms with E-state index >= 15 is 0 Å². The molecule has 0 saturated carbocycles. The highest BCUT2D eigenvalue weighted by atomic mass is 79.9. The molecule has 100 valence electrons. The molecule has 0 aliphatic rings. The van der Waals surface area contributed by atoms with E-state index < -0.39 is 11.6 Å². The Morgan fingerprint density at radius 1 is 1.11 bits per heavy atom. The lowest BCUT2D eigenvalue weighted by Gasteiger charge is -2.10. The number of rotatable bonds is 4. The number of nitrogens with one attached hydrogen (secondary N) is 2. The second-order valence-electron chi connectivity index (χ2n) is 3.81. The Kier molecular flexibility index (Phi) is 4.31. The molecule has 2 rings (SSSR count). The van der Waals surface area contributed by atoms with Crippen LogP contribution in [0.15, 0.2) is 34.8 Å². The van der Waals surface area contributed by atoms with Gasteiger partial charge in [0.05, 0.1) is 0 Å². The maximum absolute atomic E-state index is 13.6. The van der Waals surface area contributed by atoms with Crippen molar-refractivity contribution in [3.63, 3.8) is 0 Å². The Balaban J connectivity index is 2.28. The van der Waals surface area contributed by atoms with Crippen LogP contribution in [0.5, 0.6) is 0 Å². The molecule has 0 spiro atoms. The number of hydrogen-bond donors (Lipinski definition) is 2. The van der Waals surface area contributed by atoms with E-state index in [4.69, 9.17) is 0 Å². The molecule has 0 fully saturated rings. The van der Waals surface area contributed by atoms with Gasteiger partial charge in [0.1, 0.15) is 0 Å². The molecule has 1 aromatic heterocycles. The number of aromatic nitrogens is 1. The quantitative estimate of drug-likeness (QED) is 0.879. The first-order valence-corrected chi connectivity index (χ1v) is 6.52. The first kappa shape index (κ1) is 13.7. The van der Waals surface area contributed by atoms with Crippen molar-refractivity contribution in [1.82, 2.24) is 4.98 Å². The van der Waals surface area contributed by atoms with Crippen molar-refractivity contribution in [1.29, 1.82) is 0 Å². The number of benzene rings is 1. The van der Waals surface area contributed by atoms with Crippen LogP contribution in [-0.2, 0) is 0 Å². The molecule has 2 aromatic rings. The number of nitrogens with zero attached hydrogens (tertiary/aromatic N) is 1. The summed E-state index contributed by atoms with van der Waals surface area (Å²) in [6.07, 6.45) is 0. The van der Waals surface area contributed by atoms with E-state index in [9.17, 15) is 8.78 Å². The number of hydrogen-bond acceptors (Lipinski definition) is 3. The van der Waals surface area contributed by atoms with Gasteiger partial charge in [0.2, 0.25) is 0 Å². The van der Waals surface area contributed by atoms with Gasteiger partial charge in [0.15, 0.2) is 23.3 Å². The third-order valence-corrected chi connectivity index (χ3v) is 2.91. The summed E-state index contributed by atoms with van der Waals surface area (Å²) < 4.78 is 28.0. The monoisotopic (exact) mass is 327 g/mol. The maximum atomic E-state index is 13.6. The second-order valence-corrected chi connectivity index (χ2v) is 4.73. The van der Waals surface area contributed by atoms with Gasteiger partial charge in [-0.3, -0.25) is 0 Å². The Hall–Kier alpha value is -1.69. The summed E-state index contributed by atoms with van der Waals surface area (Å²) in [4.78, 5) is 3.90. The lowest BCUT2D eigenvalue weighted by molar-refractivity contribution is 0.579. The fraction of sp³-hybridized carbons (Fsp3) is 0.154. The zero-order valence-corrected chi connectivity index (χ0v) is 11.8. The van der Waals surface area contributed by atoms with Crippen molar-refractivity contribution in [3.05, 3.63) is 46.4 Å². The fourth-order valence-electron chi connectivity index (χ4n) is 1.52. The van der Waals surface area contributed by atoms with E-state index in [-0.39, 0.29) is 11.6 Å². The number of pyridine rings is 1. The van der Waals surface area contributed by atoms with Crippen molar-refractivity contribution in [2.45, 2.75) is 6.92 Å². The Bertz CT molecular complexity index is 573. The largest absolute Gasteiger partial charge is 0.368 e. The third kappa shape index (κ3) is 3.41. The molecule has 3 nitrogen and oxygen atoms in total. The molecule has 6 heteroatoms. The molecular weight excluding hydrogens is 316 g/mol. The molecule has 1 aromatic carbocycles. The molecule has 1 heterocycles. The van der Waals surface area contributed by atoms with Gasteiger partial charge in [0, 0.05) is 22.8 Å². The summed E-state index contributed by atoms with van der Waals surface area (Å²) in [6, 6.07) is 7.97. The average molecular weight is 328 g/mol. The van der Waals surface area contributed by atoms with E-state index in [1.54, 1.807) is 12.1 Å². The van der Waals surface area contributed by atoms with E-state index in [0.29, 0.717) is 12.2 Å². The van der Waals surface area contributed by atoms with Gasteiger partial charge in [-0.15, -0.1) is 0 Å². The van der Waals surface area contributed by atoms with Gasteiger partial charge in [0.25, 0.3) is 0 Å². The lowest BCUT2D eigenvalue weighted by atomic mass is 10.3. The first-order valence-electron chi connectivity index (χ1n) is 5.72. The molecule has 0 amide bonds. The second kappa shape index (κ2) is 5.97. The summed E-state index contributed by atoms with van der Waals surface area (Å²) in [5, 5.41) is 5.55. The van der Waals surface area contributed by atoms with Crippen LogP contribution in [-0.4, -0.2) is 11.5 Å². The molecule has 0 aliphatic carbocycles. The molecule has 0 atom stereocenters. The standard InChI is InChI=1S/C13H12BrF2N3/c1-2-17-12-10(15)7-11(16)13(19-12)18-9-5-3-8(14)4-6-9/h3-7H,2H2,1H3,(H2,17,18,19). The molecule has 0 aliphatic heterocycles. The zero-order chi connectivity index (χ0) is 13.8. The minimum absolute atomic E-state index is 0.0142. The summed E-state index contributed by atoms with van der Waals surface area (Å²) in [5.41, 5.74) is 0.670. The maximum Gasteiger partial charge on any atom is 0.169 e. The predicted molar refractivity (Wildman–Crippen MR) is 75.7 cm³/mol. The van der Waals surface area contributed by atoms with Gasteiger partial charge in [-0.2, -0.15) is 0 Å². The van der Waals surface area contributed by atoms with Gasteiger partial charge >= 0.3 is 0 Å². The van der Waals surface area contributed by atoms with E-state index in [1.165, 1.54) is 0 Å². The van der Waals surface area contributed by atoms with Gasteiger partial charge < -0.3 is 10.6 Å². The normalized spacial score (nSPS) is 10.3. The molecule has 0 bridgehead atoms. The van der Waals surface area contributed by atoms with Crippen LogP contribution in [0, 0.1) is 11.6 Å². The van der Waals surface area contributed by atoms with Crippen molar-refractivity contribution < 1.29 is 8.78 Å².